The summed E-state index contributed by atoms with van der Waals surface area (Å²) in [4.78, 5) is 4.37. The van der Waals surface area contributed by atoms with Crippen LogP contribution in [0.4, 0.5) is 10.2 Å². The molecular formula is C22H19FN4O. The summed E-state index contributed by atoms with van der Waals surface area (Å²) in [5.74, 6) is 0.364. The van der Waals surface area contributed by atoms with Crippen LogP contribution in [0.15, 0.2) is 79.1 Å². The highest BCUT2D eigenvalue weighted by Crippen LogP contribution is 2.31. The van der Waals surface area contributed by atoms with E-state index in [9.17, 15) is 9.50 Å². The van der Waals surface area contributed by atoms with Gasteiger partial charge in [-0.25, -0.2) is 9.37 Å². The lowest BCUT2D eigenvalue weighted by Gasteiger charge is -2.17. The van der Waals surface area contributed by atoms with Crippen molar-refractivity contribution in [2.75, 3.05) is 11.9 Å². The van der Waals surface area contributed by atoms with Gasteiger partial charge < -0.3 is 10.4 Å². The second kappa shape index (κ2) is 8.02. The van der Waals surface area contributed by atoms with Gasteiger partial charge in [0.05, 0.1) is 24.5 Å². The zero-order chi connectivity index (χ0) is 19.3. The van der Waals surface area contributed by atoms with E-state index < -0.39 is 0 Å². The summed E-state index contributed by atoms with van der Waals surface area (Å²) in [5, 5.41) is 20.2. The maximum atomic E-state index is 13.2. The third kappa shape index (κ3) is 3.77. The number of benzene rings is 2. The molecular weight excluding hydrogens is 355 g/mol. The van der Waals surface area contributed by atoms with Gasteiger partial charge in [0, 0.05) is 17.3 Å². The van der Waals surface area contributed by atoms with Gasteiger partial charge in [0.2, 0.25) is 0 Å². The quantitative estimate of drug-likeness (QED) is 0.467. The Kier molecular flexibility index (Phi) is 5.12. The lowest BCUT2D eigenvalue weighted by Crippen LogP contribution is -2.15. The maximum Gasteiger partial charge on any atom is 0.127 e. The largest absolute Gasteiger partial charge is 0.394 e. The summed E-state index contributed by atoms with van der Waals surface area (Å²) in [6.45, 7) is -0.0531. The number of rotatable bonds is 6. The van der Waals surface area contributed by atoms with E-state index in [1.807, 2.05) is 42.5 Å². The van der Waals surface area contributed by atoms with E-state index >= 15 is 0 Å². The number of hydrogen-bond donors (Lipinski definition) is 3. The standard InChI is InChI=1S/C22H19FN4O/c23-18-8-6-16(7-9-18)22-19(13-25-27-22)17-10-11-24-21(12-17)26-20(14-28)15-4-2-1-3-5-15/h1-13,20,28H,14H2,(H,24,26)(H,25,27)/t20-/m1/s1. The highest BCUT2D eigenvalue weighted by atomic mass is 19.1. The minimum Gasteiger partial charge on any atom is -0.394 e. The van der Waals surface area contributed by atoms with Crippen LogP contribution in [0.25, 0.3) is 22.4 Å². The molecule has 0 fully saturated rings. The Morgan fingerprint density at radius 1 is 1.00 bits per heavy atom. The highest BCUT2D eigenvalue weighted by molar-refractivity contribution is 5.81. The topological polar surface area (TPSA) is 73.8 Å². The maximum absolute atomic E-state index is 13.2. The van der Waals surface area contributed by atoms with Crippen molar-refractivity contribution in [2.24, 2.45) is 0 Å². The van der Waals surface area contributed by atoms with Crippen LogP contribution in [0.3, 0.4) is 0 Å². The van der Waals surface area contributed by atoms with Crippen molar-refractivity contribution in [1.82, 2.24) is 15.2 Å². The summed E-state index contributed by atoms with van der Waals surface area (Å²) < 4.78 is 13.2. The molecule has 4 aromatic rings. The minimum absolute atomic E-state index is 0.0531. The van der Waals surface area contributed by atoms with Crippen LogP contribution in [-0.2, 0) is 0 Å². The molecule has 0 spiro atoms. The fourth-order valence-electron chi connectivity index (χ4n) is 3.12. The van der Waals surface area contributed by atoms with E-state index in [2.05, 4.69) is 20.5 Å². The zero-order valence-corrected chi connectivity index (χ0v) is 15.0. The highest BCUT2D eigenvalue weighted by Gasteiger charge is 2.13. The minimum atomic E-state index is -0.281. The molecule has 2 aromatic heterocycles. The molecule has 0 saturated carbocycles. The molecule has 2 aromatic carbocycles. The average molecular weight is 374 g/mol. The number of H-pyrrole nitrogens is 1. The Labute approximate surface area is 161 Å². The molecule has 0 aliphatic heterocycles. The molecule has 140 valence electrons. The SMILES string of the molecule is OC[C@@H](Nc1cc(-c2cn[nH]c2-c2ccc(F)cc2)ccn1)c1ccccc1. The Balaban J connectivity index is 1.63. The van der Waals surface area contributed by atoms with E-state index in [-0.39, 0.29) is 18.5 Å². The van der Waals surface area contributed by atoms with Crippen LogP contribution < -0.4 is 5.32 Å². The predicted octanol–water partition coefficient (Wildman–Crippen LogP) is 4.42. The van der Waals surface area contributed by atoms with Gasteiger partial charge in [-0.3, -0.25) is 5.10 Å². The molecule has 0 unspecified atom stereocenters. The molecule has 6 heteroatoms. The number of aromatic amines is 1. The normalized spacial score (nSPS) is 11.9. The fourth-order valence-corrected chi connectivity index (χ4v) is 3.12. The van der Waals surface area contributed by atoms with E-state index in [1.165, 1.54) is 12.1 Å². The smallest absolute Gasteiger partial charge is 0.127 e. The lowest BCUT2D eigenvalue weighted by molar-refractivity contribution is 0.276. The lowest BCUT2D eigenvalue weighted by atomic mass is 10.0. The first-order chi connectivity index (χ1) is 13.7. The number of halogens is 1. The summed E-state index contributed by atoms with van der Waals surface area (Å²) in [5.41, 5.74) is 4.43. The van der Waals surface area contributed by atoms with Crippen LogP contribution in [-0.4, -0.2) is 26.9 Å². The monoisotopic (exact) mass is 374 g/mol. The van der Waals surface area contributed by atoms with Crippen LogP contribution in [0, 0.1) is 5.82 Å². The van der Waals surface area contributed by atoms with E-state index in [0.29, 0.717) is 5.82 Å². The molecule has 1 atom stereocenters. The first-order valence-corrected chi connectivity index (χ1v) is 8.92. The number of aliphatic hydroxyl groups excluding tert-OH is 1. The molecule has 0 aliphatic carbocycles. The Bertz CT molecular complexity index is 1050. The second-order valence-electron chi connectivity index (χ2n) is 6.39. The van der Waals surface area contributed by atoms with Gasteiger partial charge in [-0.1, -0.05) is 30.3 Å². The Morgan fingerprint density at radius 2 is 1.79 bits per heavy atom. The van der Waals surface area contributed by atoms with Crippen LogP contribution >= 0.6 is 0 Å². The van der Waals surface area contributed by atoms with Gasteiger partial charge in [-0.05, 0) is 47.5 Å². The molecule has 4 rings (SSSR count). The van der Waals surface area contributed by atoms with Crippen molar-refractivity contribution >= 4 is 5.82 Å². The number of anilines is 1. The first-order valence-electron chi connectivity index (χ1n) is 8.92. The number of nitrogens with one attached hydrogen (secondary N) is 2. The van der Waals surface area contributed by atoms with Crippen molar-refractivity contribution in [1.29, 1.82) is 0 Å². The summed E-state index contributed by atoms with van der Waals surface area (Å²) in [6, 6.07) is 19.5. The third-order valence-electron chi connectivity index (χ3n) is 4.55. The van der Waals surface area contributed by atoms with Gasteiger partial charge in [0.25, 0.3) is 0 Å². The van der Waals surface area contributed by atoms with E-state index in [4.69, 9.17) is 0 Å². The van der Waals surface area contributed by atoms with Crippen LogP contribution in [0.2, 0.25) is 0 Å². The second-order valence-corrected chi connectivity index (χ2v) is 6.39. The van der Waals surface area contributed by atoms with Crippen LogP contribution in [0.5, 0.6) is 0 Å². The summed E-state index contributed by atoms with van der Waals surface area (Å²) in [6.07, 6.45) is 3.44. The number of aromatic nitrogens is 3. The van der Waals surface area contributed by atoms with Gasteiger partial charge in [0.15, 0.2) is 0 Å². The van der Waals surface area contributed by atoms with Crippen molar-refractivity contribution < 1.29 is 9.50 Å². The van der Waals surface area contributed by atoms with Gasteiger partial charge in [-0.2, -0.15) is 5.10 Å². The molecule has 2 heterocycles. The molecule has 0 bridgehead atoms. The number of hydrogen-bond acceptors (Lipinski definition) is 4. The van der Waals surface area contributed by atoms with Crippen molar-refractivity contribution in [3.05, 3.63) is 90.5 Å². The fraction of sp³-hybridized carbons (Fsp3) is 0.0909. The molecule has 28 heavy (non-hydrogen) atoms. The number of pyridine rings is 1. The number of nitrogens with zero attached hydrogens (tertiary/aromatic N) is 2. The summed E-state index contributed by atoms with van der Waals surface area (Å²) in [7, 11) is 0. The van der Waals surface area contributed by atoms with E-state index in [0.717, 1.165) is 27.9 Å². The molecule has 0 amide bonds. The van der Waals surface area contributed by atoms with Gasteiger partial charge >= 0.3 is 0 Å². The van der Waals surface area contributed by atoms with Gasteiger partial charge in [-0.15, -0.1) is 0 Å². The number of aliphatic hydroxyl groups is 1. The van der Waals surface area contributed by atoms with Crippen molar-refractivity contribution in [2.45, 2.75) is 6.04 Å². The molecule has 0 saturated heterocycles. The zero-order valence-electron chi connectivity index (χ0n) is 15.0. The first kappa shape index (κ1) is 17.9. The van der Waals surface area contributed by atoms with Crippen LogP contribution in [0.1, 0.15) is 11.6 Å². The Morgan fingerprint density at radius 3 is 2.54 bits per heavy atom. The molecule has 5 nitrogen and oxygen atoms in total. The molecule has 0 aliphatic rings. The molecule has 0 radical (unpaired) electrons. The third-order valence-corrected chi connectivity index (χ3v) is 4.55. The predicted molar refractivity (Wildman–Crippen MR) is 107 cm³/mol. The van der Waals surface area contributed by atoms with Crippen molar-refractivity contribution in [3.63, 3.8) is 0 Å². The van der Waals surface area contributed by atoms with E-state index in [1.54, 1.807) is 24.5 Å². The summed E-state index contributed by atoms with van der Waals surface area (Å²) >= 11 is 0. The van der Waals surface area contributed by atoms with Crippen molar-refractivity contribution in [3.8, 4) is 22.4 Å². The average Bonchev–Trinajstić information content (AvgIpc) is 3.23. The Hall–Kier alpha value is -3.51. The van der Waals surface area contributed by atoms with Gasteiger partial charge in [0.1, 0.15) is 11.6 Å². The molecule has 3 N–H and O–H groups in total.